The van der Waals surface area contributed by atoms with Crippen LogP contribution >= 0.6 is 0 Å². The van der Waals surface area contributed by atoms with Gasteiger partial charge in [-0.15, -0.1) is 0 Å². The van der Waals surface area contributed by atoms with Crippen LogP contribution in [0.15, 0.2) is 60.7 Å². The summed E-state index contributed by atoms with van der Waals surface area (Å²) in [4.78, 5) is 12.5. The van der Waals surface area contributed by atoms with E-state index in [0.717, 1.165) is 22.3 Å². The van der Waals surface area contributed by atoms with E-state index in [0.29, 0.717) is 11.4 Å². The molecule has 3 aromatic rings. The Bertz CT molecular complexity index is 1280. The highest BCUT2D eigenvalue weighted by atomic mass is 32.2. The van der Waals surface area contributed by atoms with Crippen molar-refractivity contribution >= 4 is 21.6 Å². The number of benzene rings is 3. The molecule has 1 unspecified atom stereocenters. The van der Waals surface area contributed by atoms with Crippen LogP contribution in [0.2, 0.25) is 0 Å². The summed E-state index contributed by atoms with van der Waals surface area (Å²) in [5.41, 5.74) is 7.18. The second-order valence-corrected chi connectivity index (χ2v) is 11.0. The summed E-state index contributed by atoms with van der Waals surface area (Å²) in [5, 5.41) is 2.98. The van der Waals surface area contributed by atoms with Crippen molar-refractivity contribution in [3.63, 3.8) is 0 Å². The highest BCUT2D eigenvalue weighted by Crippen LogP contribution is 2.24. The van der Waals surface area contributed by atoms with Crippen LogP contribution in [0.3, 0.4) is 0 Å². The molecule has 3 aromatic carbocycles. The SMILES string of the molecule is Cc1ccc(CN(c2ccc(OCC(=O)NC(C)c3cc(C)c(C)cc3C)cc2)S(C)(=O)=O)cc1. The zero-order chi connectivity index (χ0) is 25.8. The summed E-state index contributed by atoms with van der Waals surface area (Å²) in [5.74, 6) is 0.263. The smallest absolute Gasteiger partial charge is 0.258 e. The predicted octanol–water partition coefficient (Wildman–Crippen LogP) is 5.14. The minimum atomic E-state index is -3.49. The third-order valence-electron chi connectivity index (χ3n) is 6.07. The average Bonchev–Trinajstić information content (AvgIpc) is 2.79. The Kier molecular flexibility index (Phi) is 8.22. The summed E-state index contributed by atoms with van der Waals surface area (Å²) >= 11 is 0. The molecule has 0 saturated carbocycles. The number of nitrogens with zero attached hydrogens (tertiary/aromatic N) is 1. The van der Waals surface area contributed by atoms with Crippen LogP contribution in [-0.2, 0) is 21.4 Å². The quantitative estimate of drug-likeness (QED) is 0.447. The number of rotatable bonds is 9. The van der Waals surface area contributed by atoms with Crippen LogP contribution in [0.1, 0.15) is 46.3 Å². The standard InChI is InChI=1S/C28H34N2O4S/c1-19-7-9-24(10-8-19)17-30(35(6,32)33)25-11-13-26(14-12-25)34-18-28(31)29-23(5)27-16-21(3)20(2)15-22(27)4/h7-16,23H,17-18H2,1-6H3,(H,29,31). The van der Waals surface area contributed by atoms with E-state index in [-0.39, 0.29) is 25.1 Å². The fraction of sp³-hybridized carbons (Fsp3) is 0.321. The second-order valence-electron chi connectivity index (χ2n) is 9.12. The molecule has 186 valence electrons. The van der Waals surface area contributed by atoms with Crippen LogP contribution in [0.5, 0.6) is 5.75 Å². The van der Waals surface area contributed by atoms with E-state index in [4.69, 9.17) is 4.74 Å². The van der Waals surface area contributed by atoms with Crippen molar-refractivity contribution in [1.29, 1.82) is 0 Å². The van der Waals surface area contributed by atoms with Gasteiger partial charge in [0.2, 0.25) is 10.0 Å². The van der Waals surface area contributed by atoms with Gasteiger partial charge in [-0.05, 0) is 86.7 Å². The lowest BCUT2D eigenvalue weighted by Crippen LogP contribution is -2.31. The molecule has 0 aliphatic rings. The number of amides is 1. The first-order valence-corrected chi connectivity index (χ1v) is 13.4. The van der Waals surface area contributed by atoms with Gasteiger partial charge in [0.05, 0.1) is 24.5 Å². The van der Waals surface area contributed by atoms with Crippen LogP contribution in [-0.4, -0.2) is 27.2 Å². The van der Waals surface area contributed by atoms with Gasteiger partial charge < -0.3 is 10.1 Å². The molecule has 0 aliphatic heterocycles. The minimum absolute atomic E-state index is 0.132. The number of carbonyl (C=O) groups excluding carboxylic acids is 1. The number of aryl methyl sites for hydroxylation is 4. The largest absolute Gasteiger partial charge is 0.484 e. The number of sulfonamides is 1. The number of carbonyl (C=O) groups is 1. The first-order chi connectivity index (χ1) is 16.4. The molecule has 7 heteroatoms. The molecule has 0 aliphatic carbocycles. The Morgan fingerprint density at radius 3 is 2.11 bits per heavy atom. The van der Waals surface area contributed by atoms with Gasteiger partial charge in [-0.3, -0.25) is 9.10 Å². The zero-order valence-corrected chi connectivity index (χ0v) is 22.1. The Hall–Kier alpha value is -3.32. The number of nitrogens with one attached hydrogen (secondary N) is 1. The van der Waals surface area contributed by atoms with Crippen molar-refractivity contribution in [1.82, 2.24) is 5.32 Å². The highest BCUT2D eigenvalue weighted by molar-refractivity contribution is 7.92. The van der Waals surface area contributed by atoms with Crippen LogP contribution < -0.4 is 14.4 Å². The lowest BCUT2D eigenvalue weighted by Gasteiger charge is -2.23. The van der Waals surface area contributed by atoms with Crippen molar-refractivity contribution in [2.75, 3.05) is 17.2 Å². The molecule has 0 spiro atoms. The average molecular weight is 495 g/mol. The normalized spacial score (nSPS) is 12.2. The predicted molar refractivity (Wildman–Crippen MR) is 141 cm³/mol. The van der Waals surface area contributed by atoms with Gasteiger partial charge in [0.15, 0.2) is 6.61 Å². The molecule has 1 N–H and O–H groups in total. The molecule has 0 saturated heterocycles. The second kappa shape index (κ2) is 11.0. The van der Waals surface area contributed by atoms with Crippen molar-refractivity contribution in [2.24, 2.45) is 0 Å². The van der Waals surface area contributed by atoms with Gasteiger partial charge in [-0.25, -0.2) is 8.42 Å². The van der Waals surface area contributed by atoms with Crippen molar-refractivity contribution in [2.45, 2.75) is 47.2 Å². The van der Waals surface area contributed by atoms with E-state index >= 15 is 0 Å². The molecule has 0 heterocycles. The lowest BCUT2D eigenvalue weighted by atomic mass is 9.96. The topological polar surface area (TPSA) is 75.7 Å². The first kappa shape index (κ1) is 26.3. The van der Waals surface area contributed by atoms with E-state index in [2.05, 4.69) is 31.3 Å². The number of ether oxygens (including phenoxy) is 1. The van der Waals surface area contributed by atoms with Crippen molar-refractivity contribution < 1.29 is 17.9 Å². The van der Waals surface area contributed by atoms with Gasteiger partial charge >= 0.3 is 0 Å². The van der Waals surface area contributed by atoms with Gasteiger partial charge in [0, 0.05) is 0 Å². The van der Waals surface area contributed by atoms with Crippen molar-refractivity contribution in [3.05, 3.63) is 94.0 Å². The van der Waals surface area contributed by atoms with Gasteiger partial charge in [0.25, 0.3) is 5.91 Å². The Labute approximate surface area is 209 Å². The third-order valence-corrected chi connectivity index (χ3v) is 7.21. The molecule has 0 radical (unpaired) electrons. The summed E-state index contributed by atoms with van der Waals surface area (Å²) in [6.07, 6.45) is 1.19. The van der Waals surface area contributed by atoms with E-state index in [1.165, 1.54) is 21.7 Å². The van der Waals surface area contributed by atoms with E-state index < -0.39 is 10.0 Å². The van der Waals surface area contributed by atoms with Gasteiger partial charge in [-0.2, -0.15) is 0 Å². The maximum absolute atomic E-state index is 12.5. The first-order valence-electron chi connectivity index (χ1n) is 11.6. The van der Waals surface area contributed by atoms with Crippen molar-refractivity contribution in [3.8, 4) is 5.75 Å². The minimum Gasteiger partial charge on any atom is -0.484 e. The summed E-state index contributed by atoms with van der Waals surface area (Å²) < 4.78 is 31.9. The molecular weight excluding hydrogens is 460 g/mol. The summed E-state index contributed by atoms with van der Waals surface area (Å²) in [6.45, 7) is 10.2. The fourth-order valence-corrected chi connectivity index (χ4v) is 4.82. The van der Waals surface area contributed by atoms with Gasteiger partial charge in [0.1, 0.15) is 5.75 Å². The molecule has 1 atom stereocenters. The molecule has 0 aromatic heterocycles. The van der Waals surface area contributed by atoms with E-state index in [1.807, 2.05) is 45.0 Å². The van der Waals surface area contributed by atoms with Gasteiger partial charge in [-0.1, -0.05) is 42.0 Å². The molecule has 1 amide bonds. The van der Waals surface area contributed by atoms with E-state index in [9.17, 15) is 13.2 Å². The maximum atomic E-state index is 12.5. The van der Waals surface area contributed by atoms with Crippen LogP contribution in [0.25, 0.3) is 0 Å². The van der Waals surface area contributed by atoms with E-state index in [1.54, 1.807) is 24.3 Å². The highest BCUT2D eigenvalue weighted by Gasteiger charge is 2.18. The number of anilines is 1. The maximum Gasteiger partial charge on any atom is 0.258 e. The Morgan fingerprint density at radius 1 is 0.914 bits per heavy atom. The molecule has 6 nitrogen and oxygen atoms in total. The number of hydrogen-bond acceptors (Lipinski definition) is 4. The Morgan fingerprint density at radius 2 is 1.51 bits per heavy atom. The summed E-state index contributed by atoms with van der Waals surface area (Å²) in [6, 6.07) is 18.6. The molecule has 3 rings (SSSR count). The monoisotopic (exact) mass is 494 g/mol. The van der Waals surface area contributed by atoms with Crippen LogP contribution in [0, 0.1) is 27.7 Å². The third kappa shape index (κ3) is 7.09. The lowest BCUT2D eigenvalue weighted by molar-refractivity contribution is -0.123. The number of hydrogen-bond donors (Lipinski definition) is 1. The molecule has 35 heavy (non-hydrogen) atoms. The molecule has 0 fully saturated rings. The van der Waals surface area contributed by atoms with Crippen LogP contribution in [0.4, 0.5) is 5.69 Å². The molecule has 0 bridgehead atoms. The fourth-order valence-electron chi connectivity index (χ4n) is 3.93. The molecular formula is C28H34N2O4S. The Balaban J connectivity index is 1.62. The zero-order valence-electron chi connectivity index (χ0n) is 21.3. The summed E-state index contributed by atoms with van der Waals surface area (Å²) in [7, 11) is -3.49.